The molecule has 0 atom stereocenters. The minimum absolute atomic E-state index is 0.189. The van der Waals surface area contributed by atoms with Crippen molar-refractivity contribution >= 4 is 17.6 Å². The number of nitrogens with zero attached hydrogens (tertiary/aromatic N) is 1. The van der Waals surface area contributed by atoms with Crippen molar-refractivity contribution in [3.05, 3.63) is 41.8 Å². The molecule has 1 aromatic carbocycles. The summed E-state index contributed by atoms with van der Waals surface area (Å²) < 4.78 is 9.79. The lowest BCUT2D eigenvalue weighted by molar-refractivity contribution is -0.139. The van der Waals surface area contributed by atoms with Crippen LogP contribution in [0.4, 0.5) is 5.69 Å². The molecule has 1 amide bonds. The highest BCUT2D eigenvalue weighted by Gasteiger charge is 2.11. The van der Waals surface area contributed by atoms with Crippen LogP contribution >= 0.6 is 0 Å². The van der Waals surface area contributed by atoms with Crippen LogP contribution in [0, 0.1) is 6.92 Å². The number of nitrogens with one attached hydrogen (secondary N) is 1. The number of aliphatic carboxylic acids is 1. The Labute approximate surface area is 114 Å². The van der Waals surface area contributed by atoms with Gasteiger partial charge in [-0.2, -0.15) is 0 Å². The van der Waals surface area contributed by atoms with E-state index in [0.717, 1.165) is 0 Å². The van der Waals surface area contributed by atoms with Crippen LogP contribution in [0.5, 0.6) is 5.75 Å². The highest BCUT2D eigenvalue weighted by atomic mass is 16.5. The number of anilines is 1. The maximum Gasteiger partial charge on any atom is 0.341 e. The van der Waals surface area contributed by atoms with Gasteiger partial charge >= 0.3 is 5.97 Å². The molecule has 0 saturated carbocycles. The quantitative estimate of drug-likeness (QED) is 0.861. The largest absolute Gasteiger partial charge is 0.482 e. The average molecular weight is 276 g/mol. The zero-order valence-electron chi connectivity index (χ0n) is 10.6. The topological polar surface area (TPSA) is 102 Å². The van der Waals surface area contributed by atoms with Gasteiger partial charge in [0.05, 0.1) is 0 Å². The zero-order chi connectivity index (χ0) is 14.5. The van der Waals surface area contributed by atoms with Crippen LogP contribution in [-0.4, -0.2) is 28.7 Å². The fourth-order valence-corrected chi connectivity index (χ4v) is 1.45. The molecular weight excluding hydrogens is 264 g/mol. The van der Waals surface area contributed by atoms with E-state index in [1.54, 1.807) is 31.2 Å². The molecule has 2 N–H and O–H groups in total. The molecule has 0 radical (unpaired) electrons. The Balaban J connectivity index is 1.96. The van der Waals surface area contributed by atoms with Crippen LogP contribution in [0.3, 0.4) is 0 Å². The predicted molar refractivity (Wildman–Crippen MR) is 68.8 cm³/mol. The summed E-state index contributed by atoms with van der Waals surface area (Å²) in [6.45, 7) is 1.28. The number of hydrogen-bond donors (Lipinski definition) is 2. The van der Waals surface area contributed by atoms with Crippen molar-refractivity contribution in [2.24, 2.45) is 0 Å². The van der Waals surface area contributed by atoms with E-state index in [-0.39, 0.29) is 11.6 Å². The van der Waals surface area contributed by atoms with E-state index < -0.39 is 12.6 Å². The van der Waals surface area contributed by atoms with E-state index in [1.807, 2.05) is 0 Å². The van der Waals surface area contributed by atoms with E-state index in [2.05, 4.69) is 10.5 Å². The second kappa shape index (κ2) is 5.87. The van der Waals surface area contributed by atoms with Crippen molar-refractivity contribution in [2.75, 3.05) is 11.9 Å². The van der Waals surface area contributed by atoms with Crippen LogP contribution in [0.15, 0.2) is 34.9 Å². The molecular formula is C13H12N2O5. The van der Waals surface area contributed by atoms with Gasteiger partial charge in [0.25, 0.3) is 5.91 Å². The number of amides is 1. The highest BCUT2D eigenvalue weighted by molar-refractivity contribution is 6.02. The van der Waals surface area contributed by atoms with Gasteiger partial charge in [-0.15, -0.1) is 0 Å². The van der Waals surface area contributed by atoms with Crippen LogP contribution in [-0.2, 0) is 4.79 Å². The number of aryl methyl sites for hydroxylation is 1. The van der Waals surface area contributed by atoms with Gasteiger partial charge < -0.3 is 19.7 Å². The summed E-state index contributed by atoms with van der Waals surface area (Å²) in [5, 5.41) is 14.7. The smallest absolute Gasteiger partial charge is 0.341 e. The summed E-state index contributed by atoms with van der Waals surface area (Å²) in [5.41, 5.74) is 0.729. The van der Waals surface area contributed by atoms with Gasteiger partial charge in [-0.25, -0.2) is 4.79 Å². The summed E-state index contributed by atoms with van der Waals surface area (Å²) >= 11 is 0. The first-order valence-corrected chi connectivity index (χ1v) is 5.74. The minimum atomic E-state index is -1.05. The summed E-state index contributed by atoms with van der Waals surface area (Å²) in [4.78, 5) is 22.1. The van der Waals surface area contributed by atoms with E-state index >= 15 is 0 Å². The second-order valence-electron chi connectivity index (χ2n) is 3.98. The molecule has 1 heterocycles. The first-order valence-electron chi connectivity index (χ1n) is 5.74. The number of carboxylic acid groups (broad SMARTS) is 1. The van der Waals surface area contributed by atoms with Crippen LogP contribution < -0.4 is 10.1 Å². The van der Waals surface area contributed by atoms with Crippen molar-refractivity contribution in [3.63, 3.8) is 0 Å². The molecule has 104 valence electrons. The summed E-state index contributed by atoms with van der Waals surface area (Å²) in [7, 11) is 0. The normalized spacial score (nSPS) is 10.1. The molecule has 2 aromatic rings. The molecule has 20 heavy (non-hydrogen) atoms. The molecule has 7 nitrogen and oxygen atoms in total. The first kappa shape index (κ1) is 13.6. The molecule has 0 aliphatic carbocycles. The van der Waals surface area contributed by atoms with Gasteiger partial charge in [0.1, 0.15) is 11.5 Å². The minimum Gasteiger partial charge on any atom is -0.482 e. The predicted octanol–water partition coefficient (Wildman–Crippen LogP) is 1.70. The molecule has 0 aliphatic heterocycles. The number of carboxylic acids is 1. The number of hydrogen-bond acceptors (Lipinski definition) is 5. The van der Waals surface area contributed by atoms with E-state index in [9.17, 15) is 9.59 Å². The molecule has 0 aliphatic rings. The first-order chi connectivity index (χ1) is 9.54. The Hall–Kier alpha value is -2.83. The van der Waals surface area contributed by atoms with E-state index in [4.69, 9.17) is 14.4 Å². The number of ether oxygens (including phenoxy) is 1. The van der Waals surface area contributed by atoms with Crippen LogP contribution in [0.25, 0.3) is 0 Å². The third-order valence-electron chi connectivity index (χ3n) is 2.34. The summed E-state index contributed by atoms with van der Waals surface area (Å²) in [6.07, 6.45) is 0. The lowest BCUT2D eigenvalue weighted by Gasteiger charge is -2.05. The van der Waals surface area contributed by atoms with Crippen molar-refractivity contribution in [1.29, 1.82) is 0 Å². The Morgan fingerprint density at radius 3 is 2.60 bits per heavy atom. The Morgan fingerprint density at radius 2 is 2.05 bits per heavy atom. The number of aromatic nitrogens is 1. The van der Waals surface area contributed by atoms with Gasteiger partial charge in [0.2, 0.25) is 0 Å². The Morgan fingerprint density at radius 1 is 1.35 bits per heavy atom. The maximum atomic E-state index is 11.8. The third kappa shape index (κ3) is 3.58. The van der Waals surface area contributed by atoms with Gasteiger partial charge in [-0.05, 0) is 31.2 Å². The van der Waals surface area contributed by atoms with Gasteiger partial charge in [0.15, 0.2) is 12.3 Å². The fourth-order valence-electron chi connectivity index (χ4n) is 1.45. The number of carbonyl (C=O) groups is 2. The fraction of sp³-hybridized carbons (Fsp3) is 0.154. The molecule has 0 saturated heterocycles. The lowest BCUT2D eigenvalue weighted by atomic mass is 10.3. The van der Waals surface area contributed by atoms with Gasteiger partial charge in [-0.1, -0.05) is 5.16 Å². The number of rotatable bonds is 5. The standard InChI is InChI=1S/C13H12N2O5/c1-8-6-11(15-20-8)13(18)14-9-2-4-10(5-3-9)19-7-12(16)17/h2-6H,7H2,1H3,(H,14,18)(H,16,17). The Bertz CT molecular complexity index is 618. The lowest BCUT2D eigenvalue weighted by Crippen LogP contribution is -2.12. The van der Waals surface area contributed by atoms with E-state index in [0.29, 0.717) is 17.2 Å². The molecule has 0 spiro atoms. The summed E-state index contributed by atoms with van der Waals surface area (Å²) in [6, 6.07) is 7.85. The van der Waals surface area contributed by atoms with Crippen LogP contribution in [0.2, 0.25) is 0 Å². The van der Waals surface area contributed by atoms with Crippen molar-refractivity contribution in [1.82, 2.24) is 5.16 Å². The van der Waals surface area contributed by atoms with E-state index in [1.165, 1.54) is 6.07 Å². The Kier molecular flexibility index (Phi) is 3.99. The molecule has 2 rings (SSSR count). The average Bonchev–Trinajstić information content (AvgIpc) is 2.85. The monoisotopic (exact) mass is 276 g/mol. The van der Waals surface area contributed by atoms with Crippen molar-refractivity contribution in [2.45, 2.75) is 6.92 Å². The number of benzene rings is 1. The molecule has 1 aromatic heterocycles. The van der Waals surface area contributed by atoms with Crippen LogP contribution in [0.1, 0.15) is 16.2 Å². The number of carbonyl (C=O) groups excluding carboxylic acids is 1. The third-order valence-corrected chi connectivity index (χ3v) is 2.34. The van der Waals surface area contributed by atoms with Crippen molar-refractivity contribution in [3.8, 4) is 5.75 Å². The maximum absolute atomic E-state index is 11.8. The SMILES string of the molecule is Cc1cc(C(=O)Nc2ccc(OCC(=O)O)cc2)no1. The molecule has 0 unspecified atom stereocenters. The molecule has 0 fully saturated rings. The zero-order valence-corrected chi connectivity index (χ0v) is 10.6. The molecule has 7 heteroatoms. The second-order valence-corrected chi connectivity index (χ2v) is 3.98. The van der Waals surface area contributed by atoms with Gasteiger partial charge in [0, 0.05) is 11.8 Å². The van der Waals surface area contributed by atoms with Crippen molar-refractivity contribution < 1.29 is 24.0 Å². The molecule has 0 bridgehead atoms. The highest BCUT2D eigenvalue weighted by Crippen LogP contribution is 2.16. The van der Waals surface area contributed by atoms with Gasteiger partial charge in [-0.3, -0.25) is 4.79 Å². The summed E-state index contributed by atoms with van der Waals surface area (Å²) in [5.74, 6) is -0.486.